The van der Waals surface area contributed by atoms with Crippen LogP contribution in [0.4, 0.5) is 0 Å². The molecule has 0 aliphatic heterocycles. The number of carbonyl (C=O) groups excluding carboxylic acids is 1. The summed E-state index contributed by atoms with van der Waals surface area (Å²) in [6.07, 6.45) is 4.38. The first-order valence-electron chi connectivity index (χ1n) is 6.52. The first-order valence-corrected chi connectivity index (χ1v) is 6.52. The van der Waals surface area contributed by atoms with Gasteiger partial charge in [0.1, 0.15) is 0 Å². The van der Waals surface area contributed by atoms with Crippen LogP contribution in [0.15, 0.2) is 24.2 Å². The summed E-state index contributed by atoms with van der Waals surface area (Å²) < 4.78 is 14.2. The normalized spacial score (nSPS) is 10.5. The molecule has 0 aliphatic rings. The number of aliphatic carboxylic acids is 1. The fourth-order valence-electron chi connectivity index (χ4n) is 0.859. The van der Waals surface area contributed by atoms with Gasteiger partial charge in [-0.3, -0.25) is 0 Å². The summed E-state index contributed by atoms with van der Waals surface area (Å²) in [7, 11) is 0. The lowest BCUT2D eigenvalue weighted by Crippen LogP contribution is -1.99. The van der Waals surface area contributed by atoms with Crippen LogP contribution in [0, 0.1) is 0 Å². The van der Waals surface area contributed by atoms with E-state index in [9.17, 15) is 9.59 Å². The van der Waals surface area contributed by atoms with E-state index in [1.807, 2.05) is 13.8 Å². The summed E-state index contributed by atoms with van der Waals surface area (Å²) in [4.78, 5) is 20.8. The first kappa shape index (κ1) is 20.3. The molecule has 0 aromatic heterocycles. The van der Waals surface area contributed by atoms with Crippen LogP contribution in [0.2, 0.25) is 0 Å². The molecule has 0 amide bonds. The van der Waals surface area contributed by atoms with Crippen LogP contribution in [0.5, 0.6) is 0 Å². The molecular weight excluding hydrogens is 264 g/mol. The Labute approximate surface area is 120 Å². The van der Waals surface area contributed by atoms with Gasteiger partial charge in [0.2, 0.25) is 0 Å². The molecule has 0 aromatic rings. The van der Waals surface area contributed by atoms with Crippen LogP contribution in [0.25, 0.3) is 0 Å². The smallest absolute Gasteiger partial charge is 0.334 e. The number of carboxylic acids is 1. The van der Waals surface area contributed by atoms with Crippen LogP contribution in [0.1, 0.15) is 34.1 Å². The van der Waals surface area contributed by atoms with Crippen LogP contribution < -0.4 is 0 Å². The number of carbonyl (C=O) groups is 2. The maximum Gasteiger partial charge on any atom is 0.334 e. The van der Waals surface area contributed by atoms with Crippen LogP contribution >= 0.6 is 0 Å². The Morgan fingerprint density at radius 1 is 1.00 bits per heavy atom. The summed E-state index contributed by atoms with van der Waals surface area (Å²) in [5.74, 6) is -1.27. The highest BCUT2D eigenvalue weighted by Crippen LogP contribution is 1.99. The van der Waals surface area contributed by atoms with Crippen molar-refractivity contribution in [3.63, 3.8) is 0 Å². The molecule has 20 heavy (non-hydrogen) atoms. The van der Waals surface area contributed by atoms with E-state index in [2.05, 4.69) is 4.74 Å². The Balaban J connectivity index is 0. The van der Waals surface area contributed by atoms with Crippen molar-refractivity contribution in [1.29, 1.82) is 0 Å². The fraction of sp³-hybridized carbons (Fsp3) is 0.571. The van der Waals surface area contributed by atoms with Crippen LogP contribution in [0.3, 0.4) is 0 Å². The summed E-state index contributed by atoms with van der Waals surface area (Å²) in [6.45, 7) is 8.66. The summed E-state index contributed by atoms with van der Waals surface area (Å²) in [6, 6.07) is 0. The van der Waals surface area contributed by atoms with E-state index >= 15 is 0 Å². The van der Waals surface area contributed by atoms with Gasteiger partial charge in [0.25, 0.3) is 0 Å². The number of hydrogen-bond donors (Lipinski definition) is 1. The number of rotatable bonds is 8. The topological polar surface area (TPSA) is 82.1 Å². The van der Waals surface area contributed by atoms with Gasteiger partial charge in [-0.1, -0.05) is 6.92 Å². The van der Waals surface area contributed by atoms with Gasteiger partial charge in [-0.2, -0.15) is 0 Å². The molecular formula is C14H24O6. The highest BCUT2D eigenvalue weighted by molar-refractivity contribution is 5.86. The van der Waals surface area contributed by atoms with Crippen molar-refractivity contribution >= 4 is 11.9 Å². The number of carboxylic acid groups (broad SMARTS) is 1. The Morgan fingerprint density at radius 3 is 2.00 bits per heavy atom. The molecule has 116 valence electrons. The molecule has 0 aromatic carbocycles. The monoisotopic (exact) mass is 288 g/mol. The maximum absolute atomic E-state index is 10.5. The van der Waals surface area contributed by atoms with Crippen molar-refractivity contribution in [1.82, 2.24) is 0 Å². The van der Waals surface area contributed by atoms with E-state index in [0.717, 1.165) is 0 Å². The van der Waals surface area contributed by atoms with Crippen molar-refractivity contribution < 1.29 is 28.9 Å². The largest absolute Gasteiger partial charge is 0.501 e. The van der Waals surface area contributed by atoms with Gasteiger partial charge >= 0.3 is 11.9 Å². The van der Waals surface area contributed by atoms with E-state index in [1.165, 1.54) is 18.6 Å². The zero-order valence-electron chi connectivity index (χ0n) is 12.5. The van der Waals surface area contributed by atoms with Gasteiger partial charge in [-0.15, -0.1) is 0 Å². The number of ether oxygens (including phenoxy) is 3. The van der Waals surface area contributed by atoms with Crippen molar-refractivity contribution in [2.45, 2.75) is 34.1 Å². The molecule has 0 fully saturated rings. The SMILES string of the molecule is CCO/C=C(\CC)C(=O)O.CCO/C=C/C(=O)OCC. The van der Waals surface area contributed by atoms with E-state index in [0.29, 0.717) is 31.8 Å². The molecule has 0 unspecified atom stereocenters. The zero-order chi connectivity index (χ0) is 15.8. The summed E-state index contributed by atoms with van der Waals surface area (Å²) in [5, 5.41) is 8.45. The predicted octanol–water partition coefficient (Wildman–Crippen LogP) is 2.50. The Morgan fingerprint density at radius 2 is 1.60 bits per heavy atom. The predicted molar refractivity (Wildman–Crippen MR) is 75.0 cm³/mol. The van der Waals surface area contributed by atoms with Gasteiger partial charge in [-0.05, 0) is 27.2 Å². The average Bonchev–Trinajstić information content (AvgIpc) is 2.40. The van der Waals surface area contributed by atoms with Gasteiger partial charge in [0.05, 0.1) is 44.0 Å². The highest BCUT2D eigenvalue weighted by Gasteiger charge is 2.02. The summed E-state index contributed by atoms with van der Waals surface area (Å²) in [5.41, 5.74) is 0.307. The van der Waals surface area contributed by atoms with Crippen molar-refractivity contribution in [3.8, 4) is 0 Å². The molecule has 6 heteroatoms. The van der Waals surface area contributed by atoms with Gasteiger partial charge < -0.3 is 19.3 Å². The molecule has 0 saturated heterocycles. The van der Waals surface area contributed by atoms with E-state index in [4.69, 9.17) is 14.6 Å². The molecule has 0 aliphatic carbocycles. The number of hydrogen-bond acceptors (Lipinski definition) is 5. The van der Waals surface area contributed by atoms with Crippen molar-refractivity contribution in [2.24, 2.45) is 0 Å². The highest BCUT2D eigenvalue weighted by atomic mass is 16.5. The maximum atomic E-state index is 10.5. The molecule has 1 N–H and O–H groups in total. The third kappa shape index (κ3) is 14.1. The molecule has 6 nitrogen and oxygen atoms in total. The minimum Gasteiger partial charge on any atom is -0.501 e. The second kappa shape index (κ2) is 15.1. The van der Waals surface area contributed by atoms with E-state index in [-0.39, 0.29) is 5.97 Å². The molecule has 0 heterocycles. The minimum absolute atomic E-state index is 0.307. The lowest BCUT2D eigenvalue weighted by atomic mass is 10.2. The quantitative estimate of drug-likeness (QED) is 0.420. The molecule has 0 rings (SSSR count). The Kier molecular flexibility index (Phi) is 15.3. The molecule has 0 bridgehead atoms. The molecule has 0 spiro atoms. The lowest BCUT2D eigenvalue weighted by Gasteiger charge is -1.97. The van der Waals surface area contributed by atoms with Crippen LogP contribution in [-0.2, 0) is 23.8 Å². The van der Waals surface area contributed by atoms with E-state index in [1.54, 1.807) is 13.8 Å². The van der Waals surface area contributed by atoms with Crippen molar-refractivity contribution in [2.75, 3.05) is 19.8 Å². The van der Waals surface area contributed by atoms with Gasteiger partial charge in [-0.25, -0.2) is 9.59 Å². The number of esters is 1. The zero-order valence-corrected chi connectivity index (χ0v) is 12.5. The lowest BCUT2D eigenvalue weighted by molar-refractivity contribution is -0.137. The average molecular weight is 288 g/mol. The fourth-order valence-corrected chi connectivity index (χ4v) is 0.859. The Hall–Kier alpha value is -1.98. The standard InChI is InChI=1S/2C7H12O3/c1-3-9-6-5-7(8)10-4-2;1-3-6(7(8)9)5-10-4-2/h5-6H,3-4H2,1-2H3;5H,3-4H2,1-2H3,(H,8,9)/b2*6-5+. The molecule has 0 radical (unpaired) electrons. The minimum atomic E-state index is -0.907. The van der Waals surface area contributed by atoms with Gasteiger partial charge in [0, 0.05) is 0 Å². The van der Waals surface area contributed by atoms with Gasteiger partial charge in [0.15, 0.2) is 0 Å². The second-order valence-electron chi connectivity index (χ2n) is 3.27. The molecule has 0 saturated carbocycles. The first-order chi connectivity index (χ1) is 9.53. The third-order valence-corrected chi connectivity index (χ3v) is 1.80. The molecule has 0 atom stereocenters. The van der Waals surface area contributed by atoms with E-state index < -0.39 is 5.97 Å². The Bertz CT molecular complexity index is 318. The van der Waals surface area contributed by atoms with Crippen molar-refractivity contribution in [3.05, 3.63) is 24.2 Å². The second-order valence-corrected chi connectivity index (χ2v) is 3.27. The van der Waals surface area contributed by atoms with Crippen LogP contribution in [-0.4, -0.2) is 36.9 Å². The third-order valence-electron chi connectivity index (χ3n) is 1.80. The summed E-state index contributed by atoms with van der Waals surface area (Å²) >= 11 is 0.